The Kier molecular flexibility index (Phi) is 5.50. The summed E-state index contributed by atoms with van der Waals surface area (Å²) in [6, 6.07) is 4.90. The van der Waals surface area contributed by atoms with Crippen LogP contribution in [0, 0.1) is 5.82 Å². The van der Waals surface area contributed by atoms with Crippen molar-refractivity contribution in [1.82, 2.24) is 4.90 Å². The van der Waals surface area contributed by atoms with Crippen molar-refractivity contribution < 1.29 is 14.3 Å². The van der Waals surface area contributed by atoms with Crippen molar-refractivity contribution in [3.63, 3.8) is 0 Å². The molecule has 1 aromatic rings. The molecule has 3 nitrogen and oxygen atoms in total. The quantitative estimate of drug-likeness (QED) is 0.894. The smallest absolute Gasteiger partial charge is 0.304 e. The minimum absolute atomic E-state index is 0.0736. The first-order valence-electron chi connectivity index (χ1n) is 6.11. The number of hydrogen-bond donors (Lipinski definition) is 1. The van der Waals surface area contributed by atoms with E-state index < -0.39 is 5.97 Å². The fraction of sp³-hybridized carbons (Fsp3) is 0.500. The molecule has 0 bridgehead atoms. The average molecular weight is 332 g/mol. The van der Waals surface area contributed by atoms with Crippen LogP contribution in [0.5, 0.6) is 0 Å². The molecule has 1 rings (SSSR count). The number of carboxylic acids is 1. The molecule has 1 N–H and O–H groups in total. The highest BCUT2D eigenvalue weighted by Gasteiger charge is 2.23. The second-order valence-corrected chi connectivity index (χ2v) is 6.24. The molecule has 0 heterocycles. The van der Waals surface area contributed by atoms with Gasteiger partial charge in [0.2, 0.25) is 0 Å². The molecule has 0 aliphatic heterocycles. The van der Waals surface area contributed by atoms with E-state index in [-0.39, 0.29) is 17.8 Å². The van der Waals surface area contributed by atoms with Crippen molar-refractivity contribution in [2.45, 2.75) is 39.3 Å². The van der Waals surface area contributed by atoms with Crippen molar-refractivity contribution in [3.05, 3.63) is 34.1 Å². The van der Waals surface area contributed by atoms with E-state index in [1.165, 1.54) is 6.07 Å². The Morgan fingerprint density at radius 2 is 2.05 bits per heavy atom. The number of carbonyl (C=O) groups is 1. The Balaban J connectivity index is 2.88. The van der Waals surface area contributed by atoms with Gasteiger partial charge in [0, 0.05) is 18.6 Å². The molecule has 0 amide bonds. The molecule has 0 aromatic heterocycles. The summed E-state index contributed by atoms with van der Waals surface area (Å²) >= 11 is 3.24. The second-order valence-electron chi connectivity index (χ2n) is 5.45. The van der Waals surface area contributed by atoms with Crippen LogP contribution in [0.15, 0.2) is 22.7 Å². The Hall–Kier alpha value is -0.940. The minimum Gasteiger partial charge on any atom is -0.481 e. The Bertz CT molecular complexity index is 457. The lowest BCUT2D eigenvalue weighted by Crippen LogP contribution is -2.42. The fourth-order valence-electron chi connectivity index (χ4n) is 1.76. The van der Waals surface area contributed by atoms with E-state index in [0.29, 0.717) is 17.6 Å². The van der Waals surface area contributed by atoms with Crippen LogP contribution in [0.25, 0.3) is 0 Å². The molecule has 0 radical (unpaired) electrons. The third kappa shape index (κ3) is 4.91. The highest BCUT2D eigenvalue weighted by atomic mass is 79.9. The molecule has 0 saturated carbocycles. The summed E-state index contributed by atoms with van der Waals surface area (Å²) in [7, 11) is 0. The number of halogens is 2. The number of rotatable bonds is 5. The molecule has 0 aliphatic carbocycles. The van der Waals surface area contributed by atoms with Crippen LogP contribution in [0.4, 0.5) is 4.39 Å². The van der Waals surface area contributed by atoms with E-state index in [2.05, 4.69) is 15.9 Å². The maximum atomic E-state index is 13.5. The maximum Gasteiger partial charge on any atom is 0.304 e. The van der Waals surface area contributed by atoms with E-state index in [0.717, 1.165) is 5.56 Å². The lowest BCUT2D eigenvalue weighted by molar-refractivity contribution is -0.137. The molecule has 1 aromatic carbocycles. The Morgan fingerprint density at radius 1 is 1.42 bits per heavy atom. The Labute approximate surface area is 121 Å². The van der Waals surface area contributed by atoms with Gasteiger partial charge in [-0.2, -0.15) is 0 Å². The third-order valence-electron chi connectivity index (χ3n) is 2.94. The van der Waals surface area contributed by atoms with Gasteiger partial charge in [0.25, 0.3) is 0 Å². The van der Waals surface area contributed by atoms with Crippen molar-refractivity contribution in [3.8, 4) is 0 Å². The minimum atomic E-state index is -0.826. The lowest BCUT2D eigenvalue weighted by Gasteiger charge is -2.35. The van der Waals surface area contributed by atoms with Crippen molar-refractivity contribution in [2.75, 3.05) is 6.54 Å². The summed E-state index contributed by atoms with van der Waals surface area (Å²) in [5.41, 5.74) is 0.640. The largest absolute Gasteiger partial charge is 0.481 e. The van der Waals surface area contributed by atoms with Gasteiger partial charge in [-0.3, -0.25) is 9.69 Å². The van der Waals surface area contributed by atoms with E-state index >= 15 is 0 Å². The monoisotopic (exact) mass is 331 g/mol. The zero-order valence-corrected chi connectivity index (χ0v) is 13.0. The van der Waals surface area contributed by atoms with Gasteiger partial charge in [0.15, 0.2) is 0 Å². The summed E-state index contributed by atoms with van der Waals surface area (Å²) in [6.45, 7) is 6.99. The number of nitrogens with zero attached hydrogens (tertiary/aromatic N) is 1. The zero-order valence-electron chi connectivity index (χ0n) is 11.4. The third-order valence-corrected chi connectivity index (χ3v) is 3.83. The zero-order chi connectivity index (χ0) is 14.6. The molecule has 0 atom stereocenters. The summed E-state index contributed by atoms with van der Waals surface area (Å²) < 4.78 is 13.9. The molecule has 0 saturated heterocycles. The first-order valence-corrected chi connectivity index (χ1v) is 6.91. The van der Waals surface area contributed by atoms with E-state index in [9.17, 15) is 9.18 Å². The van der Waals surface area contributed by atoms with Gasteiger partial charge in [-0.1, -0.05) is 12.1 Å². The normalized spacial score (nSPS) is 11.9. The molecule has 0 aliphatic rings. The number of hydrogen-bond acceptors (Lipinski definition) is 2. The lowest BCUT2D eigenvalue weighted by atomic mass is 10.0. The highest BCUT2D eigenvalue weighted by molar-refractivity contribution is 9.10. The van der Waals surface area contributed by atoms with Gasteiger partial charge >= 0.3 is 5.97 Å². The first kappa shape index (κ1) is 16.1. The van der Waals surface area contributed by atoms with Gasteiger partial charge in [0.1, 0.15) is 5.82 Å². The SMILES string of the molecule is CC(C)(C)N(CCC(=O)O)Cc1cccc(F)c1Br. The van der Waals surface area contributed by atoms with Gasteiger partial charge in [0.05, 0.1) is 10.9 Å². The van der Waals surface area contributed by atoms with Crippen LogP contribution in [0.3, 0.4) is 0 Å². The summed E-state index contributed by atoms with van der Waals surface area (Å²) in [5.74, 6) is -1.13. The maximum absolute atomic E-state index is 13.5. The van der Waals surface area contributed by atoms with Crippen molar-refractivity contribution in [1.29, 1.82) is 0 Å². The number of benzene rings is 1. The molecule has 0 fully saturated rings. The summed E-state index contributed by atoms with van der Waals surface area (Å²) in [6.07, 6.45) is 0.0736. The average Bonchev–Trinajstić information content (AvgIpc) is 2.27. The molecule has 0 spiro atoms. The molecule has 0 unspecified atom stereocenters. The van der Waals surface area contributed by atoms with E-state index in [1.54, 1.807) is 6.07 Å². The van der Waals surface area contributed by atoms with Gasteiger partial charge in [-0.25, -0.2) is 4.39 Å². The fourth-order valence-corrected chi connectivity index (χ4v) is 2.15. The Morgan fingerprint density at radius 3 is 2.58 bits per heavy atom. The van der Waals surface area contributed by atoms with Crippen LogP contribution in [-0.2, 0) is 11.3 Å². The molecular formula is C14H19BrFNO2. The van der Waals surface area contributed by atoms with Crippen LogP contribution >= 0.6 is 15.9 Å². The predicted molar refractivity (Wildman–Crippen MR) is 76.5 cm³/mol. The van der Waals surface area contributed by atoms with Crippen LogP contribution in [-0.4, -0.2) is 28.1 Å². The topological polar surface area (TPSA) is 40.5 Å². The molecule has 5 heteroatoms. The molecule has 106 valence electrons. The van der Waals surface area contributed by atoms with Crippen molar-refractivity contribution >= 4 is 21.9 Å². The highest BCUT2D eigenvalue weighted by Crippen LogP contribution is 2.25. The summed E-state index contributed by atoms with van der Waals surface area (Å²) in [4.78, 5) is 12.7. The summed E-state index contributed by atoms with van der Waals surface area (Å²) in [5, 5.41) is 8.80. The number of carboxylic acid groups (broad SMARTS) is 1. The molecular weight excluding hydrogens is 313 g/mol. The van der Waals surface area contributed by atoms with Crippen molar-refractivity contribution in [2.24, 2.45) is 0 Å². The first-order chi connectivity index (χ1) is 8.71. The van der Waals surface area contributed by atoms with Gasteiger partial charge in [-0.05, 0) is 48.3 Å². The van der Waals surface area contributed by atoms with Gasteiger partial charge < -0.3 is 5.11 Å². The van der Waals surface area contributed by atoms with Gasteiger partial charge in [-0.15, -0.1) is 0 Å². The van der Waals surface area contributed by atoms with Crippen LogP contribution < -0.4 is 0 Å². The van der Waals surface area contributed by atoms with E-state index in [4.69, 9.17) is 5.11 Å². The molecule has 19 heavy (non-hydrogen) atoms. The second kappa shape index (κ2) is 6.48. The predicted octanol–water partition coefficient (Wildman–Crippen LogP) is 3.66. The van der Waals surface area contributed by atoms with Crippen LogP contribution in [0.2, 0.25) is 0 Å². The van der Waals surface area contributed by atoms with Crippen LogP contribution in [0.1, 0.15) is 32.8 Å². The number of aliphatic carboxylic acids is 1. The van der Waals surface area contributed by atoms with E-state index in [1.807, 2.05) is 31.7 Å². The standard InChI is InChI=1S/C14H19BrFNO2/c1-14(2,3)17(8-7-12(18)19)9-10-5-4-6-11(16)13(10)15/h4-6H,7-9H2,1-3H3,(H,18,19).